The molecule has 2 fully saturated rings. The van der Waals surface area contributed by atoms with Gasteiger partial charge in [0.1, 0.15) is 5.78 Å². The number of nitrogens with two attached hydrogens (primary N) is 1. The van der Waals surface area contributed by atoms with Crippen molar-refractivity contribution in [3.8, 4) is 0 Å². The topological polar surface area (TPSA) is 43.1 Å². The van der Waals surface area contributed by atoms with Crippen LogP contribution in [0.25, 0.3) is 0 Å². The second kappa shape index (κ2) is 2.59. The zero-order chi connectivity index (χ0) is 7.84. The van der Waals surface area contributed by atoms with Gasteiger partial charge in [-0.1, -0.05) is 12.8 Å². The fraction of sp³-hybridized carbons (Fsp3) is 0.889. The summed E-state index contributed by atoms with van der Waals surface area (Å²) in [6, 6.07) is 0. The van der Waals surface area contributed by atoms with E-state index in [-0.39, 0.29) is 6.54 Å². The van der Waals surface area contributed by atoms with Crippen LogP contribution in [0, 0.1) is 17.8 Å². The SMILES string of the molecule is NCC(=O)C1C2CCCCC21. The minimum Gasteiger partial charge on any atom is -0.324 e. The number of ketones is 1. The van der Waals surface area contributed by atoms with Gasteiger partial charge in [-0.05, 0) is 24.7 Å². The van der Waals surface area contributed by atoms with E-state index in [1.807, 2.05) is 0 Å². The van der Waals surface area contributed by atoms with E-state index in [1.54, 1.807) is 0 Å². The van der Waals surface area contributed by atoms with Crippen LogP contribution in [0.15, 0.2) is 0 Å². The molecule has 2 nitrogen and oxygen atoms in total. The van der Waals surface area contributed by atoms with E-state index in [4.69, 9.17) is 5.73 Å². The Labute approximate surface area is 67.1 Å². The highest BCUT2D eigenvalue weighted by Gasteiger charge is 2.53. The molecule has 2 aliphatic carbocycles. The van der Waals surface area contributed by atoms with Gasteiger partial charge in [0.05, 0.1) is 6.54 Å². The first-order chi connectivity index (χ1) is 5.34. The number of carbonyl (C=O) groups is 1. The standard InChI is InChI=1S/C9H15NO/c10-5-8(11)9-6-3-1-2-4-7(6)9/h6-7,9H,1-5,10H2. The maximum atomic E-state index is 11.2. The third kappa shape index (κ3) is 1.09. The molecule has 2 rings (SSSR count). The number of hydrogen-bond acceptors (Lipinski definition) is 2. The fourth-order valence-electron chi connectivity index (χ4n) is 2.61. The molecule has 0 spiro atoms. The van der Waals surface area contributed by atoms with Gasteiger partial charge in [0.15, 0.2) is 0 Å². The zero-order valence-electron chi connectivity index (χ0n) is 6.75. The van der Waals surface area contributed by atoms with E-state index in [9.17, 15) is 4.79 Å². The van der Waals surface area contributed by atoms with E-state index in [0.29, 0.717) is 11.7 Å². The maximum absolute atomic E-state index is 11.2. The molecule has 2 saturated carbocycles. The van der Waals surface area contributed by atoms with E-state index in [0.717, 1.165) is 11.8 Å². The molecule has 0 aliphatic heterocycles. The van der Waals surface area contributed by atoms with Crippen LogP contribution < -0.4 is 5.73 Å². The fourth-order valence-corrected chi connectivity index (χ4v) is 2.61. The smallest absolute Gasteiger partial charge is 0.150 e. The van der Waals surface area contributed by atoms with Crippen molar-refractivity contribution in [2.75, 3.05) is 6.54 Å². The molecule has 2 aliphatic rings. The Bertz CT molecular complexity index is 166. The van der Waals surface area contributed by atoms with Crippen molar-refractivity contribution in [1.82, 2.24) is 0 Å². The Balaban J connectivity index is 1.94. The summed E-state index contributed by atoms with van der Waals surface area (Å²) >= 11 is 0. The number of hydrogen-bond donors (Lipinski definition) is 1. The van der Waals surface area contributed by atoms with Gasteiger partial charge in [0, 0.05) is 5.92 Å². The summed E-state index contributed by atoms with van der Waals surface area (Å²) < 4.78 is 0. The Morgan fingerprint density at radius 3 is 2.27 bits per heavy atom. The van der Waals surface area contributed by atoms with Crippen molar-refractivity contribution >= 4 is 5.78 Å². The molecule has 0 radical (unpaired) electrons. The molecule has 0 saturated heterocycles. The Hall–Kier alpha value is -0.370. The van der Waals surface area contributed by atoms with Crippen molar-refractivity contribution in [2.24, 2.45) is 23.5 Å². The van der Waals surface area contributed by atoms with Crippen LogP contribution in [0.5, 0.6) is 0 Å². The van der Waals surface area contributed by atoms with Gasteiger partial charge in [0.25, 0.3) is 0 Å². The molecule has 0 aromatic carbocycles. The van der Waals surface area contributed by atoms with Crippen molar-refractivity contribution < 1.29 is 4.79 Å². The van der Waals surface area contributed by atoms with Crippen molar-refractivity contribution in [3.05, 3.63) is 0 Å². The highest BCUT2D eigenvalue weighted by atomic mass is 16.1. The quantitative estimate of drug-likeness (QED) is 0.642. The normalized spacial score (nSPS) is 41.4. The first kappa shape index (κ1) is 7.29. The number of rotatable bonds is 2. The molecule has 2 heteroatoms. The molecule has 2 atom stereocenters. The first-order valence-electron chi connectivity index (χ1n) is 4.57. The molecule has 62 valence electrons. The molecule has 0 bridgehead atoms. The predicted molar refractivity (Wildman–Crippen MR) is 43.0 cm³/mol. The lowest BCUT2D eigenvalue weighted by atomic mass is 10.0. The van der Waals surface area contributed by atoms with E-state index in [1.165, 1.54) is 25.7 Å². The summed E-state index contributed by atoms with van der Waals surface area (Å²) in [6.45, 7) is 0.262. The van der Waals surface area contributed by atoms with Crippen LogP contribution in [0.4, 0.5) is 0 Å². The van der Waals surface area contributed by atoms with Crippen molar-refractivity contribution in [3.63, 3.8) is 0 Å². The molecule has 0 heterocycles. The number of fused-ring (bicyclic) bond motifs is 1. The van der Waals surface area contributed by atoms with E-state index >= 15 is 0 Å². The summed E-state index contributed by atoms with van der Waals surface area (Å²) in [5, 5.41) is 0. The van der Waals surface area contributed by atoms with Gasteiger partial charge in [-0.2, -0.15) is 0 Å². The predicted octanol–water partition coefficient (Wildman–Crippen LogP) is 0.950. The van der Waals surface area contributed by atoms with Gasteiger partial charge in [-0.15, -0.1) is 0 Å². The molecule has 2 N–H and O–H groups in total. The monoisotopic (exact) mass is 153 g/mol. The lowest BCUT2D eigenvalue weighted by Gasteiger charge is -2.04. The maximum Gasteiger partial charge on any atom is 0.150 e. The van der Waals surface area contributed by atoms with Crippen molar-refractivity contribution in [1.29, 1.82) is 0 Å². The van der Waals surface area contributed by atoms with Crippen LogP contribution in [0.2, 0.25) is 0 Å². The summed E-state index contributed by atoms with van der Waals surface area (Å²) in [6.07, 6.45) is 5.22. The first-order valence-corrected chi connectivity index (χ1v) is 4.57. The molecule has 2 unspecified atom stereocenters. The third-order valence-electron chi connectivity index (χ3n) is 3.23. The molecule has 0 aromatic rings. The number of carbonyl (C=O) groups excluding carboxylic acids is 1. The number of Topliss-reactive ketones (excluding diaryl/α,β-unsaturated/α-hetero) is 1. The van der Waals surface area contributed by atoms with Gasteiger partial charge in [-0.3, -0.25) is 4.79 Å². The summed E-state index contributed by atoms with van der Waals surface area (Å²) in [5.74, 6) is 2.16. The summed E-state index contributed by atoms with van der Waals surface area (Å²) in [4.78, 5) is 11.2. The second-order valence-electron chi connectivity index (χ2n) is 3.81. The highest BCUT2D eigenvalue weighted by molar-refractivity contribution is 5.86. The van der Waals surface area contributed by atoms with Crippen molar-refractivity contribution in [2.45, 2.75) is 25.7 Å². The Morgan fingerprint density at radius 1 is 1.27 bits per heavy atom. The van der Waals surface area contributed by atoms with Crippen LogP contribution >= 0.6 is 0 Å². The lowest BCUT2D eigenvalue weighted by molar-refractivity contribution is -0.119. The summed E-state index contributed by atoms with van der Waals surface area (Å²) in [7, 11) is 0. The van der Waals surface area contributed by atoms with Crippen LogP contribution in [0.1, 0.15) is 25.7 Å². The average molecular weight is 153 g/mol. The summed E-state index contributed by atoms with van der Waals surface area (Å²) in [5.41, 5.74) is 5.32. The largest absolute Gasteiger partial charge is 0.324 e. The second-order valence-corrected chi connectivity index (χ2v) is 3.81. The molecular weight excluding hydrogens is 138 g/mol. The van der Waals surface area contributed by atoms with Gasteiger partial charge >= 0.3 is 0 Å². The minimum absolute atomic E-state index is 0.262. The molecule has 0 amide bonds. The molecular formula is C9H15NO. The minimum atomic E-state index is 0.262. The van der Waals surface area contributed by atoms with E-state index < -0.39 is 0 Å². The molecule has 11 heavy (non-hydrogen) atoms. The van der Waals surface area contributed by atoms with Crippen LogP contribution in [0.3, 0.4) is 0 Å². The van der Waals surface area contributed by atoms with Crippen LogP contribution in [-0.4, -0.2) is 12.3 Å². The van der Waals surface area contributed by atoms with Gasteiger partial charge in [0.2, 0.25) is 0 Å². The van der Waals surface area contributed by atoms with Gasteiger partial charge in [-0.25, -0.2) is 0 Å². The molecule has 0 aromatic heterocycles. The Kier molecular flexibility index (Phi) is 1.72. The Morgan fingerprint density at radius 2 is 1.82 bits per heavy atom. The van der Waals surface area contributed by atoms with E-state index in [2.05, 4.69) is 0 Å². The van der Waals surface area contributed by atoms with Crippen LogP contribution in [-0.2, 0) is 4.79 Å². The zero-order valence-corrected chi connectivity index (χ0v) is 6.75. The highest BCUT2D eigenvalue weighted by Crippen LogP contribution is 2.55. The third-order valence-corrected chi connectivity index (χ3v) is 3.23. The average Bonchev–Trinajstić information content (AvgIpc) is 2.77. The van der Waals surface area contributed by atoms with Gasteiger partial charge < -0.3 is 5.73 Å². The lowest BCUT2D eigenvalue weighted by Crippen LogP contribution is -2.16.